The van der Waals surface area contributed by atoms with Crippen molar-refractivity contribution >= 4 is 45.7 Å². The van der Waals surface area contributed by atoms with Crippen molar-refractivity contribution in [3.63, 3.8) is 0 Å². The van der Waals surface area contributed by atoms with Crippen LogP contribution in [0.15, 0.2) is 43.0 Å². The van der Waals surface area contributed by atoms with Crippen LogP contribution in [0.5, 0.6) is 5.75 Å². The molecule has 0 aliphatic carbocycles. The summed E-state index contributed by atoms with van der Waals surface area (Å²) in [5, 5.41) is 13.7. The number of aliphatic hydroxyl groups excluding tert-OH is 1. The molecule has 15 heteroatoms. The topological polar surface area (TPSA) is 173 Å². The molecule has 1 aliphatic heterocycles. The van der Waals surface area contributed by atoms with E-state index in [2.05, 4.69) is 20.0 Å². The average molecular weight is 613 g/mol. The summed E-state index contributed by atoms with van der Waals surface area (Å²) in [6.07, 6.45) is 0.134. The third-order valence-corrected chi connectivity index (χ3v) is 9.54. The summed E-state index contributed by atoms with van der Waals surface area (Å²) >= 11 is -0.0500. The number of carbonyl (C=O) groups is 1. The molecule has 0 bridgehead atoms. The number of ether oxygens (including phenoxy) is 2. The maximum atomic E-state index is 13.8. The molecule has 0 saturated carbocycles. The van der Waals surface area contributed by atoms with E-state index in [9.17, 15) is 14.5 Å². The summed E-state index contributed by atoms with van der Waals surface area (Å²) in [6, 6.07) is 7.43. The van der Waals surface area contributed by atoms with Crippen LogP contribution in [0.4, 0.5) is 5.82 Å². The first-order chi connectivity index (χ1) is 18.1. The molecule has 0 amide bonds. The number of benzene rings is 1. The molecule has 0 radical (unpaired) electrons. The number of anilines is 1. The Bertz CT molecular complexity index is 1300. The van der Waals surface area contributed by atoms with Crippen LogP contribution in [0.25, 0.3) is 11.2 Å². The number of nitrogens with zero attached hydrogens (tertiary/aromatic N) is 4. The second-order valence-electron chi connectivity index (χ2n) is 8.87. The predicted octanol–water partition coefficient (Wildman–Crippen LogP) is 2.34. The van der Waals surface area contributed by atoms with Crippen LogP contribution in [0.3, 0.4) is 0 Å². The van der Waals surface area contributed by atoms with Crippen molar-refractivity contribution in [3.8, 4) is 5.75 Å². The molecule has 1 aromatic carbocycles. The molecule has 3 heterocycles. The molecule has 2 unspecified atom stereocenters. The first-order valence-electron chi connectivity index (χ1n) is 11.9. The van der Waals surface area contributed by atoms with E-state index in [0.29, 0.717) is 11.2 Å². The number of aromatic nitrogens is 4. The number of imidazole rings is 1. The average Bonchev–Trinajstić information content (AvgIpc) is 3.44. The zero-order valence-corrected chi connectivity index (χ0v) is 23.9. The SMILES string of the molecule is C[Se]C1[C@@H](O)[C@@H](COP(=O)(N[C@@H](C)C(=O)OC(C)C)Oc2ccccc2)O[C@H]1n1cnc2c(N)ncnc21. The Kier molecular flexibility index (Phi) is 9.04. The minimum absolute atomic E-state index is 0.0500. The van der Waals surface area contributed by atoms with Gasteiger partial charge in [-0.3, -0.25) is 0 Å². The van der Waals surface area contributed by atoms with Gasteiger partial charge in [0.05, 0.1) is 0 Å². The van der Waals surface area contributed by atoms with E-state index < -0.39 is 38.2 Å². The van der Waals surface area contributed by atoms with Crippen LogP contribution < -0.4 is 15.3 Å². The van der Waals surface area contributed by atoms with Gasteiger partial charge in [0, 0.05) is 0 Å². The van der Waals surface area contributed by atoms with Crippen molar-refractivity contribution in [1.29, 1.82) is 0 Å². The standard InChI is InChI=1S/C23H31N6O7PSe/c1-13(2)34-23(31)14(3)28-37(32,36-15-8-6-5-7-9-15)33-10-16-18(30)19(38-4)22(35-16)29-12-27-17-20(24)25-11-26-21(17)29/h5-9,11-14,16,18-19,22,30H,10H2,1-4H3,(H,28,32)(H2,24,25,26)/t14-,16+,18-,19?,22+,37?/m0/s1. The van der Waals surface area contributed by atoms with Crippen LogP contribution in [-0.2, 0) is 23.4 Å². The molecule has 3 aromatic rings. The molecule has 0 spiro atoms. The fourth-order valence-electron chi connectivity index (χ4n) is 3.90. The summed E-state index contributed by atoms with van der Waals surface area (Å²) in [5.41, 5.74) is 6.82. The Morgan fingerprint density at radius 2 is 2.00 bits per heavy atom. The van der Waals surface area contributed by atoms with Gasteiger partial charge in [-0.05, 0) is 0 Å². The van der Waals surface area contributed by atoms with Crippen molar-refractivity contribution in [3.05, 3.63) is 43.0 Å². The van der Waals surface area contributed by atoms with E-state index in [0.717, 1.165) is 0 Å². The number of hydrogen-bond donors (Lipinski definition) is 3. The van der Waals surface area contributed by atoms with E-state index in [1.165, 1.54) is 13.3 Å². The Hall–Kier alpha value is -2.57. The molecule has 4 N–H and O–H groups in total. The summed E-state index contributed by atoms with van der Waals surface area (Å²) in [6.45, 7) is 4.65. The first kappa shape index (κ1) is 28.4. The van der Waals surface area contributed by atoms with Crippen LogP contribution in [0.1, 0.15) is 27.0 Å². The van der Waals surface area contributed by atoms with Crippen LogP contribution >= 0.6 is 7.75 Å². The zero-order valence-electron chi connectivity index (χ0n) is 21.3. The third kappa shape index (κ3) is 6.35. The van der Waals surface area contributed by atoms with Crippen molar-refractivity contribution in [2.75, 3.05) is 12.3 Å². The maximum absolute atomic E-state index is 13.8. The summed E-state index contributed by atoms with van der Waals surface area (Å²) in [7, 11) is -4.12. The fraction of sp³-hybridized carbons (Fsp3) is 0.478. The minimum atomic E-state index is -4.12. The van der Waals surface area contributed by atoms with Gasteiger partial charge in [-0.25, -0.2) is 0 Å². The van der Waals surface area contributed by atoms with Crippen LogP contribution in [0, 0.1) is 0 Å². The Balaban J connectivity index is 1.52. The molecule has 1 saturated heterocycles. The Morgan fingerprint density at radius 1 is 1.26 bits per heavy atom. The van der Waals surface area contributed by atoms with Crippen LogP contribution in [0.2, 0.25) is 10.6 Å². The monoisotopic (exact) mass is 614 g/mol. The van der Waals surface area contributed by atoms with Crippen molar-refractivity contribution in [1.82, 2.24) is 24.6 Å². The number of para-hydroxylation sites is 1. The van der Waals surface area contributed by atoms with Crippen molar-refractivity contribution in [2.24, 2.45) is 0 Å². The van der Waals surface area contributed by atoms with Gasteiger partial charge in [-0.15, -0.1) is 0 Å². The number of fused-ring (bicyclic) bond motifs is 1. The number of rotatable bonds is 11. The fourth-order valence-corrected chi connectivity index (χ4v) is 7.25. The quantitative estimate of drug-likeness (QED) is 0.164. The van der Waals surface area contributed by atoms with Crippen molar-refractivity contribution in [2.45, 2.75) is 62.0 Å². The number of aliphatic hydroxyl groups is 1. The number of esters is 1. The molecule has 38 heavy (non-hydrogen) atoms. The van der Waals surface area contributed by atoms with E-state index in [4.69, 9.17) is 24.3 Å². The molecular weight excluding hydrogens is 582 g/mol. The second-order valence-corrected chi connectivity index (χ2v) is 12.7. The summed E-state index contributed by atoms with van der Waals surface area (Å²) in [4.78, 5) is 24.6. The van der Waals surface area contributed by atoms with Gasteiger partial charge in [0.15, 0.2) is 0 Å². The van der Waals surface area contributed by atoms with Gasteiger partial charge in [0.2, 0.25) is 0 Å². The van der Waals surface area contributed by atoms with E-state index in [-0.39, 0.29) is 44.1 Å². The molecule has 13 nitrogen and oxygen atoms in total. The number of nitrogens with two attached hydrogens (primary N) is 1. The van der Waals surface area contributed by atoms with Gasteiger partial charge in [-0.2, -0.15) is 0 Å². The van der Waals surface area contributed by atoms with E-state index in [1.807, 2.05) is 5.82 Å². The summed E-state index contributed by atoms with van der Waals surface area (Å²) < 4.78 is 38.3. The molecule has 1 fully saturated rings. The summed E-state index contributed by atoms with van der Waals surface area (Å²) in [5.74, 6) is 1.88. The number of carbonyl (C=O) groups excluding carboxylic acids is 1. The number of hydrogen-bond acceptors (Lipinski definition) is 11. The Labute approximate surface area is 226 Å². The van der Waals surface area contributed by atoms with Crippen molar-refractivity contribution < 1.29 is 33.0 Å². The Morgan fingerprint density at radius 3 is 2.68 bits per heavy atom. The van der Waals surface area contributed by atoms with E-state index in [1.54, 1.807) is 55.1 Å². The number of nitrogens with one attached hydrogen (secondary N) is 1. The third-order valence-electron chi connectivity index (χ3n) is 5.68. The normalized spacial score (nSPS) is 23.8. The van der Waals surface area contributed by atoms with Gasteiger partial charge in [0.1, 0.15) is 0 Å². The van der Waals surface area contributed by atoms with Gasteiger partial charge in [0.25, 0.3) is 0 Å². The molecule has 206 valence electrons. The van der Waals surface area contributed by atoms with Gasteiger partial charge in [-0.1, -0.05) is 0 Å². The molecule has 4 rings (SSSR count). The molecule has 1 aliphatic rings. The van der Waals surface area contributed by atoms with E-state index >= 15 is 0 Å². The molecule has 2 aromatic heterocycles. The second kappa shape index (κ2) is 12.1. The predicted molar refractivity (Wildman–Crippen MR) is 139 cm³/mol. The first-order valence-corrected chi connectivity index (χ1v) is 16.1. The molecule has 6 atom stereocenters. The van der Waals surface area contributed by atoms with Gasteiger partial charge < -0.3 is 0 Å². The van der Waals surface area contributed by atoms with Gasteiger partial charge >= 0.3 is 226 Å². The zero-order chi connectivity index (χ0) is 27.4. The number of nitrogen functional groups attached to an aromatic ring is 1. The molecular formula is C23H31N6O7PSe. The van der Waals surface area contributed by atoms with Crippen LogP contribution in [-0.4, -0.2) is 76.5 Å².